The van der Waals surface area contributed by atoms with Gasteiger partial charge in [0.1, 0.15) is 0 Å². The van der Waals surface area contributed by atoms with Gasteiger partial charge in [0.15, 0.2) is 0 Å². The Morgan fingerprint density at radius 3 is 2.30 bits per heavy atom. The number of nitrogens with zero attached hydrogens (tertiary/aromatic N) is 1. The van der Waals surface area contributed by atoms with E-state index in [2.05, 4.69) is 6.92 Å². The summed E-state index contributed by atoms with van der Waals surface area (Å²) in [6, 6.07) is 4.06. The van der Waals surface area contributed by atoms with Gasteiger partial charge in [0.2, 0.25) is 0 Å². The second-order valence-corrected chi connectivity index (χ2v) is 10.5. The number of fused-ring (bicyclic) bond motifs is 1. The fraction of sp³-hybridized carbons (Fsp3) is 0.650. The average molecular weight is 389 g/mol. The highest BCUT2D eigenvalue weighted by molar-refractivity contribution is 7.84. The minimum absolute atomic E-state index is 0.00932. The van der Waals surface area contributed by atoms with Crippen LogP contribution in [0.3, 0.4) is 0 Å². The largest absolute Gasteiger partial charge is 0.494 e. The second-order valence-electron chi connectivity index (χ2n) is 9.11. The van der Waals surface area contributed by atoms with Gasteiger partial charge >= 0.3 is 7.12 Å². The van der Waals surface area contributed by atoms with E-state index in [1.54, 1.807) is 6.26 Å². The topological polar surface area (TPSA) is 55.8 Å². The molecule has 7 heteroatoms. The van der Waals surface area contributed by atoms with Crippen molar-refractivity contribution in [1.29, 1.82) is 0 Å². The zero-order valence-corrected chi connectivity index (χ0v) is 17.8. The van der Waals surface area contributed by atoms with Crippen molar-refractivity contribution in [2.45, 2.75) is 76.1 Å². The lowest BCUT2D eigenvalue weighted by Crippen LogP contribution is -2.41. The van der Waals surface area contributed by atoms with Gasteiger partial charge < -0.3 is 14.2 Å². The molecule has 1 unspecified atom stereocenters. The highest BCUT2D eigenvalue weighted by atomic mass is 32.2. The van der Waals surface area contributed by atoms with Crippen molar-refractivity contribution >= 4 is 29.3 Å². The molecule has 0 aromatic heterocycles. The van der Waals surface area contributed by atoms with Gasteiger partial charge in [-0.05, 0) is 70.5 Å². The van der Waals surface area contributed by atoms with Gasteiger partial charge in [-0.2, -0.15) is 0 Å². The van der Waals surface area contributed by atoms with Crippen molar-refractivity contribution in [3.05, 3.63) is 23.3 Å². The lowest BCUT2D eigenvalue weighted by Gasteiger charge is -2.32. The van der Waals surface area contributed by atoms with Crippen molar-refractivity contribution in [2.75, 3.05) is 6.26 Å². The van der Waals surface area contributed by atoms with E-state index in [9.17, 15) is 9.00 Å². The van der Waals surface area contributed by atoms with E-state index in [0.29, 0.717) is 22.9 Å². The summed E-state index contributed by atoms with van der Waals surface area (Å²) in [6.07, 6.45) is 4.00. The number of amides is 1. The zero-order chi connectivity index (χ0) is 19.7. The standard InChI is InChI=1S/C20H28BNO4S/c1-12(13-7-8-13)22-11-14-9-15(10-16(27(6)24)17(14)18(22)23)21-25-19(2,3)20(4,5)26-21/h9-10,12-13H,7-8,11H2,1-6H3/t12-,27?/m0/s1. The third-order valence-electron chi connectivity index (χ3n) is 6.65. The molecule has 5 nitrogen and oxygen atoms in total. The molecule has 27 heavy (non-hydrogen) atoms. The van der Waals surface area contributed by atoms with Crippen molar-refractivity contribution in [1.82, 2.24) is 4.90 Å². The maximum atomic E-state index is 13.1. The van der Waals surface area contributed by atoms with Crippen molar-refractivity contribution in [3.8, 4) is 0 Å². The highest BCUT2D eigenvalue weighted by Crippen LogP contribution is 2.40. The van der Waals surface area contributed by atoms with Crippen LogP contribution in [0.15, 0.2) is 17.0 Å². The molecule has 1 saturated heterocycles. The van der Waals surface area contributed by atoms with E-state index in [1.807, 2.05) is 44.7 Å². The summed E-state index contributed by atoms with van der Waals surface area (Å²) in [6.45, 7) is 10.8. The molecule has 1 aliphatic carbocycles. The molecule has 0 radical (unpaired) electrons. The van der Waals surface area contributed by atoms with Crippen LogP contribution in [-0.2, 0) is 26.7 Å². The minimum Gasteiger partial charge on any atom is -0.399 e. The van der Waals surface area contributed by atoms with E-state index in [4.69, 9.17) is 9.31 Å². The summed E-state index contributed by atoms with van der Waals surface area (Å²) in [7, 11) is -1.78. The van der Waals surface area contributed by atoms with E-state index in [0.717, 1.165) is 11.0 Å². The zero-order valence-electron chi connectivity index (χ0n) is 17.0. The predicted molar refractivity (Wildman–Crippen MR) is 107 cm³/mol. The lowest BCUT2D eigenvalue weighted by molar-refractivity contribution is 0.00578. The molecule has 0 spiro atoms. The fourth-order valence-corrected chi connectivity index (χ4v) is 4.78. The van der Waals surface area contributed by atoms with Gasteiger partial charge in [-0.25, -0.2) is 0 Å². The third-order valence-corrected chi connectivity index (χ3v) is 7.59. The van der Waals surface area contributed by atoms with Gasteiger partial charge in [-0.1, -0.05) is 6.07 Å². The monoisotopic (exact) mass is 389 g/mol. The van der Waals surface area contributed by atoms with Crippen LogP contribution in [0.25, 0.3) is 0 Å². The lowest BCUT2D eigenvalue weighted by atomic mass is 9.78. The number of carbonyl (C=O) groups is 1. The molecule has 2 atom stereocenters. The Labute approximate surface area is 164 Å². The summed E-state index contributed by atoms with van der Waals surface area (Å²) in [5, 5.41) is 0. The number of carbonyl (C=O) groups excluding carboxylic acids is 1. The highest BCUT2D eigenvalue weighted by Gasteiger charge is 2.52. The maximum Gasteiger partial charge on any atom is 0.494 e. The molecule has 4 rings (SSSR count). The minimum atomic E-state index is -1.26. The van der Waals surface area contributed by atoms with Crippen LogP contribution in [-0.4, -0.2) is 45.6 Å². The smallest absolute Gasteiger partial charge is 0.399 e. The molecule has 1 aromatic rings. The van der Waals surface area contributed by atoms with Crippen molar-refractivity contribution in [2.24, 2.45) is 5.92 Å². The normalized spacial score (nSPS) is 25.6. The van der Waals surface area contributed by atoms with Crippen LogP contribution in [0.1, 0.15) is 63.4 Å². The molecule has 2 fully saturated rings. The summed E-state index contributed by atoms with van der Waals surface area (Å²) in [4.78, 5) is 15.6. The Bertz CT molecular complexity index is 818. The molecular weight excluding hydrogens is 361 g/mol. The Morgan fingerprint density at radius 1 is 1.19 bits per heavy atom. The molecule has 0 N–H and O–H groups in total. The molecule has 1 saturated carbocycles. The number of hydrogen-bond donors (Lipinski definition) is 0. The van der Waals surface area contributed by atoms with Crippen LogP contribution in [0.2, 0.25) is 0 Å². The quantitative estimate of drug-likeness (QED) is 0.743. The van der Waals surface area contributed by atoms with E-state index in [1.165, 1.54) is 12.8 Å². The van der Waals surface area contributed by atoms with Gasteiger partial charge in [0, 0.05) is 18.8 Å². The summed E-state index contributed by atoms with van der Waals surface area (Å²) >= 11 is 0. The molecular formula is C20H28BNO4S. The van der Waals surface area contributed by atoms with Crippen LogP contribution in [0.4, 0.5) is 0 Å². The van der Waals surface area contributed by atoms with Gasteiger partial charge in [-0.15, -0.1) is 0 Å². The molecule has 1 amide bonds. The van der Waals surface area contributed by atoms with Crippen molar-refractivity contribution < 1.29 is 18.3 Å². The van der Waals surface area contributed by atoms with Crippen LogP contribution >= 0.6 is 0 Å². The first-order chi connectivity index (χ1) is 12.5. The number of rotatable bonds is 4. The van der Waals surface area contributed by atoms with Gasteiger partial charge in [0.25, 0.3) is 5.91 Å². The second kappa shape index (κ2) is 6.16. The van der Waals surface area contributed by atoms with Gasteiger partial charge in [0.05, 0.1) is 32.5 Å². The fourth-order valence-electron chi connectivity index (χ4n) is 3.97. The first kappa shape index (κ1) is 19.2. The summed E-state index contributed by atoms with van der Waals surface area (Å²) in [5.41, 5.74) is 1.51. The van der Waals surface area contributed by atoms with E-state index in [-0.39, 0.29) is 11.9 Å². The first-order valence-corrected chi connectivity index (χ1v) is 11.2. The Morgan fingerprint density at radius 2 is 1.78 bits per heavy atom. The molecule has 2 heterocycles. The molecule has 146 valence electrons. The third kappa shape index (κ3) is 3.08. The van der Waals surface area contributed by atoms with Gasteiger partial charge in [-0.3, -0.25) is 9.00 Å². The molecule has 3 aliphatic rings. The van der Waals surface area contributed by atoms with Crippen LogP contribution < -0.4 is 5.46 Å². The van der Waals surface area contributed by atoms with E-state index >= 15 is 0 Å². The predicted octanol–water partition coefficient (Wildman–Crippen LogP) is 2.48. The Balaban J connectivity index is 1.72. The van der Waals surface area contributed by atoms with Crippen molar-refractivity contribution in [3.63, 3.8) is 0 Å². The number of hydrogen-bond acceptors (Lipinski definition) is 4. The Kier molecular flexibility index (Phi) is 4.37. The van der Waals surface area contributed by atoms with Crippen LogP contribution in [0.5, 0.6) is 0 Å². The molecule has 0 bridgehead atoms. The number of benzene rings is 1. The molecule has 1 aromatic carbocycles. The van der Waals surface area contributed by atoms with Crippen LogP contribution in [0, 0.1) is 5.92 Å². The summed E-state index contributed by atoms with van der Waals surface area (Å²) < 4.78 is 24.8. The Hall–Kier alpha value is -1.18. The summed E-state index contributed by atoms with van der Waals surface area (Å²) in [5.74, 6) is 0.608. The maximum absolute atomic E-state index is 13.1. The average Bonchev–Trinajstić information content (AvgIpc) is 3.32. The first-order valence-electron chi connectivity index (χ1n) is 9.68. The SMILES string of the molecule is C[C@@H](C1CC1)N1Cc2cc(B3OC(C)(C)C(C)(C)O3)cc(S(C)=O)c2C1=O. The molecule has 2 aliphatic heterocycles. The van der Waals surface area contributed by atoms with E-state index < -0.39 is 29.1 Å².